The average Bonchev–Trinajstić information content (AvgIpc) is 3.45. The number of alkyl halides is 3. The maximum absolute atomic E-state index is 13.5. The molecule has 2 heterocycles. The van der Waals surface area contributed by atoms with E-state index in [1.54, 1.807) is 30.3 Å². The van der Waals surface area contributed by atoms with Crippen LogP contribution in [0.15, 0.2) is 40.9 Å². The molecule has 0 spiro atoms. The van der Waals surface area contributed by atoms with Crippen molar-refractivity contribution in [2.45, 2.75) is 57.2 Å². The fourth-order valence-corrected chi connectivity index (χ4v) is 4.75. The van der Waals surface area contributed by atoms with Crippen LogP contribution in [0.25, 0.3) is 5.69 Å². The lowest BCUT2D eigenvalue weighted by Crippen LogP contribution is -2.38. The molecule has 214 valence electrons. The lowest BCUT2D eigenvalue weighted by atomic mass is 9.81. The van der Waals surface area contributed by atoms with E-state index in [0.29, 0.717) is 42.8 Å². The standard InChI is InChI=1S/C27H31F3N6O4/c28-27(29,30)23-21(14-36(35-23)20-4-2-1-3-5-20)25(38)32-13-12-31-24(37)18-8-10-19(11-9-18)26-34-33-22(40-26)16-39-15-17-6-7-17/h1-5,14,17-19H,6-13,15-16H2,(H,31,37)(H,32,38). The molecule has 2 aliphatic rings. The van der Waals surface area contributed by atoms with Gasteiger partial charge in [0.2, 0.25) is 17.7 Å². The molecule has 2 fully saturated rings. The first-order valence-corrected chi connectivity index (χ1v) is 13.5. The monoisotopic (exact) mass is 560 g/mol. The molecule has 2 aromatic heterocycles. The fourth-order valence-electron chi connectivity index (χ4n) is 4.75. The average molecular weight is 561 g/mol. The fraction of sp³-hybridized carbons (Fsp3) is 0.519. The second kappa shape index (κ2) is 12.2. The molecule has 2 amide bonds. The van der Waals surface area contributed by atoms with Gasteiger partial charge in [-0.15, -0.1) is 10.2 Å². The minimum atomic E-state index is -4.80. The summed E-state index contributed by atoms with van der Waals surface area (Å²) in [6.45, 7) is 1.09. The SMILES string of the molecule is O=C(NCCNC(=O)C1CCC(c2nnc(COCC3CC3)o2)CC1)c1cn(-c2ccccc2)nc1C(F)(F)F. The van der Waals surface area contributed by atoms with E-state index in [0.717, 1.165) is 30.3 Å². The van der Waals surface area contributed by atoms with Crippen LogP contribution < -0.4 is 10.6 Å². The first kappa shape index (κ1) is 27.8. The molecule has 2 N–H and O–H groups in total. The molecule has 0 unspecified atom stereocenters. The summed E-state index contributed by atoms with van der Waals surface area (Å²) in [4.78, 5) is 25.2. The third-order valence-corrected chi connectivity index (χ3v) is 7.16. The van der Waals surface area contributed by atoms with Gasteiger partial charge in [-0.05, 0) is 56.6 Å². The number of nitrogens with one attached hydrogen (secondary N) is 2. The number of nitrogens with zero attached hydrogens (tertiary/aromatic N) is 4. The van der Waals surface area contributed by atoms with E-state index in [1.807, 2.05) is 0 Å². The van der Waals surface area contributed by atoms with Crippen LogP contribution in [-0.4, -0.2) is 51.5 Å². The van der Waals surface area contributed by atoms with Crippen molar-refractivity contribution in [3.8, 4) is 5.69 Å². The summed E-state index contributed by atoms with van der Waals surface area (Å²) >= 11 is 0. The molecule has 0 atom stereocenters. The molecule has 5 rings (SSSR count). The number of rotatable bonds is 11. The molecule has 10 nitrogen and oxygen atoms in total. The Morgan fingerprint density at radius 1 is 1.00 bits per heavy atom. The van der Waals surface area contributed by atoms with Crippen LogP contribution in [-0.2, 0) is 22.3 Å². The molecule has 3 aromatic rings. The highest BCUT2D eigenvalue weighted by atomic mass is 19.4. The van der Waals surface area contributed by atoms with Gasteiger partial charge < -0.3 is 19.8 Å². The van der Waals surface area contributed by atoms with Gasteiger partial charge in [-0.3, -0.25) is 9.59 Å². The van der Waals surface area contributed by atoms with Crippen molar-refractivity contribution >= 4 is 11.8 Å². The molecular formula is C27H31F3N6O4. The summed E-state index contributed by atoms with van der Waals surface area (Å²) in [5.41, 5.74) is -1.46. The summed E-state index contributed by atoms with van der Waals surface area (Å²) < 4.78 is 52.9. The number of para-hydroxylation sites is 1. The zero-order chi connectivity index (χ0) is 28.1. The van der Waals surface area contributed by atoms with Crippen LogP contribution in [0.3, 0.4) is 0 Å². The smallest absolute Gasteiger partial charge is 0.422 e. The van der Waals surface area contributed by atoms with Gasteiger partial charge in [0, 0.05) is 31.1 Å². The molecule has 0 saturated heterocycles. The number of hydrogen-bond donors (Lipinski definition) is 2. The number of amides is 2. The third-order valence-electron chi connectivity index (χ3n) is 7.16. The van der Waals surface area contributed by atoms with Crippen molar-refractivity contribution in [2.75, 3.05) is 19.7 Å². The Morgan fingerprint density at radius 3 is 2.42 bits per heavy atom. The lowest BCUT2D eigenvalue weighted by molar-refractivity contribution is -0.141. The molecule has 2 saturated carbocycles. The highest BCUT2D eigenvalue weighted by Gasteiger charge is 2.39. The zero-order valence-corrected chi connectivity index (χ0v) is 21.8. The first-order chi connectivity index (χ1) is 19.3. The van der Waals surface area contributed by atoms with Crippen LogP contribution in [0.5, 0.6) is 0 Å². The molecule has 0 aliphatic heterocycles. The number of aromatic nitrogens is 4. The Labute approximate surface area is 228 Å². The van der Waals surface area contributed by atoms with Crippen molar-refractivity contribution in [3.05, 3.63) is 59.6 Å². The predicted octanol–water partition coefficient (Wildman–Crippen LogP) is 4.02. The van der Waals surface area contributed by atoms with Crippen LogP contribution in [0.2, 0.25) is 0 Å². The molecule has 40 heavy (non-hydrogen) atoms. The largest absolute Gasteiger partial charge is 0.435 e. The van der Waals surface area contributed by atoms with Crippen molar-refractivity contribution in [1.29, 1.82) is 0 Å². The van der Waals surface area contributed by atoms with Gasteiger partial charge >= 0.3 is 6.18 Å². The second-order valence-corrected chi connectivity index (χ2v) is 10.3. The highest BCUT2D eigenvalue weighted by Crippen LogP contribution is 2.35. The summed E-state index contributed by atoms with van der Waals surface area (Å²) in [6, 6.07) is 8.22. The van der Waals surface area contributed by atoms with E-state index in [4.69, 9.17) is 9.15 Å². The van der Waals surface area contributed by atoms with E-state index in [-0.39, 0.29) is 30.8 Å². The quantitative estimate of drug-likeness (QED) is 0.340. The molecular weight excluding hydrogens is 529 g/mol. The van der Waals surface area contributed by atoms with Gasteiger partial charge in [-0.1, -0.05) is 18.2 Å². The van der Waals surface area contributed by atoms with Crippen LogP contribution >= 0.6 is 0 Å². The maximum atomic E-state index is 13.5. The van der Waals surface area contributed by atoms with Crippen molar-refractivity contribution in [3.63, 3.8) is 0 Å². The number of ether oxygens (including phenoxy) is 1. The van der Waals surface area contributed by atoms with E-state index in [2.05, 4.69) is 25.9 Å². The van der Waals surface area contributed by atoms with Gasteiger partial charge in [-0.25, -0.2) is 4.68 Å². The normalized spacial score (nSPS) is 19.4. The predicted molar refractivity (Wildman–Crippen MR) is 135 cm³/mol. The van der Waals surface area contributed by atoms with E-state index < -0.39 is 23.3 Å². The summed E-state index contributed by atoms with van der Waals surface area (Å²) in [5, 5.41) is 17.0. The van der Waals surface area contributed by atoms with Crippen molar-refractivity contribution in [2.24, 2.45) is 11.8 Å². The van der Waals surface area contributed by atoms with Crippen LogP contribution in [0.1, 0.15) is 72.3 Å². The van der Waals surface area contributed by atoms with Gasteiger partial charge in [0.1, 0.15) is 6.61 Å². The van der Waals surface area contributed by atoms with E-state index >= 15 is 0 Å². The molecule has 1 aromatic carbocycles. The Kier molecular flexibility index (Phi) is 8.48. The zero-order valence-electron chi connectivity index (χ0n) is 21.8. The van der Waals surface area contributed by atoms with Crippen molar-refractivity contribution in [1.82, 2.24) is 30.6 Å². The van der Waals surface area contributed by atoms with Gasteiger partial charge in [0.25, 0.3) is 5.91 Å². The Morgan fingerprint density at radius 2 is 1.73 bits per heavy atom. The Hall–Kier alpha value is -3.74. The van der Waals surface area contributed by atoms with Crippen molar-refractivity contribution < 1.29 is 31.9 Å². The lowest BCUT2D eigenvalue weighted by Gasteiger charge is -2.25. The van der Waals surface area contributed by atoms with Gasteiger partial charge in [0.15, 0.2) is 5.69 Å². The number of halogens is 3. The molecule has 0 radical (unpaired) electrons. The molecule has 13 heteroatoms. The second-order valence-electron chi connectivity index (χ2n) is 10.3. The number of hydrogen-bond acceptors (Lipinski definition) is 7. The summed E-state index contributed by atoms with van der Waals surface area (Å²) in [7, 11) is 0. The summed E-state index contributed by atoms with van der Waals surface area (Å²) in [5.74, 6) is 0.520. The van der Waals surface area contributed by atoms with E-state index in [9.17, 15) is 22.8 Å². The Bertz CT molecular complexity index is 1300. The highest BCUT2D eigenvalue weighted by molar-refractivity contribution is 5.95. The maximum Gasteiger partial charge on any atom is 0.435 e. The minimum absolute atomic E-state index is 0.0265. The van der Waals surface area contributed by atoms with Crippen LogP contribution in [0.4, 0.5) is 13.2 Å². The van der Waals surface area contributed by atoms with Gasteiger partial charge in [-0.2, -0.15) is 18.3 Å². The summed E-state index contributed by atoms with van der Waals surface area (Å²) in [6.07, 6.45) is 1.43. The molecule has 2 aliphatic carbocycles. The first-order valence-electron chi connectivity index (χ1n) is 13.5. The molecule has 0 bridgehead atoms. The van der Waals surface area contributed by atoms with Crippen LogP contribution in [0, 0.1) is 11.8 Å². The Balaban J connectivity index is 1.05. The van der Waals surface area contributed by atoms with E-state index in [1.165, 1.54) is 12.8 Å². The van der Waals surface area contributed by atoms with Gasteiger partial charge in [0.05, 0.1) is 17.9 Å². The minimum Gasteiger partial charge on any atom is -0.422 e. The number of carbonyl (C=O) groups excluding carboxylic acids is 2. The number of benzene rings is 1. The number of carbonyl (C=O) groups is 2. The topological polar surface area (TPSA) is 124 Å². The third kappa shape index (κ3) is 7.06.